The van der Waals surface area contributed by atoms with Gasteiger partial charge in [0.2, 0.25) is 0 Å². The Hall–Kier alpha value is -2.93. The predicted molar refractivity (Wildman–Crippen MR) is 94.4 cm³/mol. The lowest BCUT2D eigenvalue weighted by Gasteiger charge is -2.18. The summed E-state index contributed by atoms with van der Waals surface area (Å²) in [5, 5.41) is 4.71. The number of esters is 1. The summed E-state index contributed by atoms with van der Waals surface area (Å²) in [7, 11) is 0. The number of thiophene rings is 1. The minimum absolute atomic E-state index is 0.283. The molecule has 1 aromatic carbocycles. The molecule has 5 nitrogen and oxygen atoms in total. The number of furan rings is 1. The first-order chi connectivity index (χ1) is 12.5. The van der Waals surface area contributed by atoms with Gasteiger partial charge in [0, 0.05) is 4.88 Å². The summed E-state index contributed by atoms with van der Waals surface area (Å²) in [6.45, 7) is 1.21. The maximum absolute atomic E-state index is 13.2. The topological polar surface area (TPSA) is 68.5 Å². The van der Waals surface area contributed by atoms with Crippen LogP contribution in [0.25, 0.3) is 0 Å². The van der Waals surface area contributed by atoms with Crippen LogP contribution in [0.3, 0.4) is 0 Å². The SMILES string of the molecule is Cc1occc1C(=O)OCC(=O)N[C@H](c1ccc(F)cc1)c1cccs1. The van der Waals surface area contributed by atoms with Crippen LogP contribution in [0.2, 0.25) is 0 Å². The molecule has 1 amide bonds. The maximum atomic E-state index is 13.2. The summed E-state index contributed by atoms with van der Waals surface area (Å²) in [5.74, 6) is -1.00. The van der Waals surface area contributed by atoms with Crippen LogP contribution in [0.5, 0.6) is 0 Å². The molecule has 1 N–H and O–H groups in total. The average Bonchev–Trinajstić information content (AvgIpc) is 3.30. The highest BCUT2D eigenvalue weighted by atomic mass is 32.1. The maximum Gasteiger partial charge on any atom is 0.342 e. The first-order valence-corrected chi connectivity index (χ1v) is 8.72. The number of nitrogens with one attached hydrogen (secondary N) is 1. The van der Waals surface area contributed by atoms with Crippen LogP contribution in [0.15, 0.2) is 58.5 Å². The van der Waals surface area contributed by atoms with E-state index in [1.165, 1.54) is 35.8 Å². The molecule has 0 unspecified atom stereocenters. The largest absolute Gasteiger partial charge is 0.469 e. The Morgan fingerprint density at radius 2 is 2.00 bits per heavy atom. The normalized spacial score (nSPS) is 11.8. The van der Waals surface area contributed by atoms with Gasteiger partial charge >= 0.3 is 5.97 Å². The highest BCUT2D eigenvalue weighted by Crippen LogP contribution is 2.26. The predicted octanol–water partition coefficient (Wildman–Crippen LogP) is 3.85. The van der Waals surface area contributed by atoms with Gasteiger partial charge < -0.3 is 14.5 Å². The van der Waals surface area contributed by atoms with Crippen LogP contribution in [0.1, 0.15) is 32.6 Å². The fourth-order valence-corrected chi connectivity index (χ4v) is 3.24. The van der Waals surface area contributed by atoms with Gasteiger partial charge in [-0.1, -0.05) is 18.2 Å². The van der Waals surface area contributed by atoms with Crippen molar-refractivity contribution in [3.05, 3.63) is 81.7 Å². The first kappa shape index (κ1) is 17.9. The number of amides is 1. The van der Waals surface area contributed by atoms with Gasteiger partial charge in [-0.25, -0.2) is 9.18 Å². The molecule has 3 rings (SSSR count). The molecule has 3 aromatic rings. The summed E-state index contributed by atoms with van der Waals surface area (Å²) in [6.07, 6.45) is 1.38. The number of carbonyl (C=O) groups excluding carboxylic acids is 2. The molecule has 0 radical (unpaired) electrons. The number of benzene rings is 1. The Bertz CT molecular complexity index is 887. The third-order valence-electron chi connectivity index (χ3n) is 3.75. The molecule has 26 heavy (non-hydrogen) atoms. The van der Waals surface area contributed by atoms with Crippen LogP contribution in [0.4, 0.5) is 4.39 Å². The van der Waals surface area contributed by atoms with Crippen molar-refractivity contribution in [2.24, 2.45) is 0 Å². The second-order valence-electron chi connectivity index (χ2n) is 5.53. The van der Waals surface area contributed by atoms with Gasteiger partial charge in [0.15, 0.2) is 6.61 Å². The minimum Gasteiger partial charge on any atom is -0.469 e. The summed E-state index contributed by atoms with van der Waals surface area (Å²) < 4.78 is 23.3. The van der Waals surface area contributed by atoms with E-state index in [2.05, 4.69) is 5.32 Å². The van der Waals surface area contributed by atoms with E-state index in [9.17, 15) is 14.0 Å². The van der Waals surface area contributed by atoms with Crippen molar-refractivity contribution in [3.63, 3.8) is 0 Å². The van der Waals surface area contributed by atoms with E-state index < -0.39 is 24.5 Å². The third kappa shape index (κ3) is 4.18. The Balaban J connectivity index is 1.67. The van der Waals surface area contributed by atoms with Crippen molar-refractivity contribution in [2.75, 3.05) is 6.61 Å². The smallest absolute Gasteiger partial charge is 0.342 e. The molecule has 0 bridgehead atoms. The van der Waals surface area contributed by atoms with Crippen molar-refractivity contribution < 1.29 is 23.1 Å². The van der Waals surface area contributed by atoms with Gasteiger partial charge in [0.1, 0.15) is 17.1 Å². The van der Waals surface area contributed by atoms with Gasteiger partial charge in [-0.05, 0) is 42.1 Å². The highest BCUT2D eigenvalue weighted by Gasteiger charge is 2.20. The van der Waals surface area contributed by atoms with Crippen molar-refractivity contribution in [1.29, 1.82) is 0 Å². The quantitative estimate of drug-likeness (QED) is 0.667. The summed E-state index contributed by atoms with van der Waals surface area (Å²) in [4.78, 5) is 25.1. The molecule has 1 atom stereocenters. The number of rotatable bonds is 6. The lowest BCUT2D eigenvalue weighted by Crippen LogP contribution is -2.32. The van der Waals surface area contributed by atoms with E-state index in [1.54, 1.807) is 19.1 Å². The van der Waals surface area contributed by atoms with Gasteiger partial charge in [0.25, 0.3) is 5.91 Å². The molecule has 0 spiro atoms. The summed E-state index contributed by atoms with van der Waals surface area (Å²) in [6, 6.07) is 10.7. The van der Waals surface area contributed by atoms with Crippen molar-refractivity contribution in [2.45, 2.75) is 13.0 Å². The molecule has 0 aliphatic heterocycles. The molecule has 0 fully saturated rings. The minimum atomic E-state index is -0.624. The zero-order chi connectivity index (χ0) is 18.5. The van der Waals surface area contributed by atoms with E-state index >= 15 is 0 Å². The lowest BCUT2D eigenvalue weighted by atomic mass is 10.1. The summed E-state index contributed by atoms with van der Waals surface area (Å²) in [5.41, 5.74) is 1.02. The molecule has 2 aromatic heterocycles. The Labute approximate surface area is 153 Å². The molecule has 2 heterocycles. The van der Waals surface area contributed by atoms with Crippen LogP contribution >= 0.6 is 11.3 Å². The molecule has 7 heteroatoms. The van der Waals surface area contributed by atoms with Gasteiger partial charge in [0.05, 0.1) is 12.3 Å². The number of hydrogen-bond donors (Lipinski definition) is 1. The monoisotopic (exact) mass is 373 g/mol. The van der Waals surface area contributed by atoms with E-state index in [0.717, 1.165) is 10.4 Å². The van der Waals surface area contributed by atoms with Crippen LogP contribution < -0.4 is 5.32 Å². The molecule has 0 saturated heterocycles. The fraction of sp³-hybridized carbons (Fsp3) is 0.158. The van der Waals surface area contributed by atoms with Crippen molar-refractivity contribution in [1.82, 2.24) is 5.32 Å². The molecule has 0 aliphatic rings. The van der Waals surface area contributed by atoms with Crippen LogP contribution in [-0.4, -0.2) is 18.5 Å². The molecule has 134 valence electrons. The number of hydrogen-bond acceptors (Lipinski definition) is 5. The highest BCUT2D eigenvalue weighted by molar-refractivity contribution is 7.10. The van der Waals surface area contributed by atoms with Crippen LogP contribution in [-0.2, 0) is 9.53 Å². The van der Waals surface area contributed by atoms with E-state index in [1.807, 2.05) is 17.5 Å². The summed E-state index contributed by atoms with van der Waals surface area (Å²) >= 11 is 1.47. The third-order valence-corrected chi connectivity index (χ3v) is 4.69. The number of ether oxygens (including phenoxy) is 1. The number of aryl methyl sites for hydroxylation is 1. The lowest BCUT2D eigenvalue weighted by molar-refractivity contribution is -0.124. The standard InChI is InChI=1S/C19H16FNO4S/c1-12-15(8-9-24-12)19(23)25-11-17(22)21-18(16-3-2-10-26-16)13-4-6-14(20)7-5-13/h2-10,18H,11H2,1H3,(H,21,22)/t18-/m1/s1. The average molecular weight is 373 g/mol. The molecular weight excluding hydrogens is 357 g/mol. The van der Waals surface area contributed by atoms with Gasteiger partial charge in [-0.15, -0.1) is 11.3 Å². The Morgan fingerprint density at radius 1 is 1.23 bits per heavy atom. The van der Waals surface area contributed by atoms with E-state index in [0.29, 0.717) is 5.76 Å². The molecule has 0 aliphatic carbocycles. The zero-order valence-corrected chi connectivity index (χ0v) is 14.7. The number of halogens is 1. The van der Waals surface area contributed by atoms with Crippen molar-refractivity contribution >= 4 is 23.2 Å². The second-order valence-corrected chi connectivity index (χ2v) is 6.51. The van der Waals surface area contributed by atoms with Crippen LogP contribution in [0, 0.1) is 12.7 Å². The zero-order valence-electron chi connectivity index (χ0n) is 13.9. The molecular formula is C19H16FNO4S. The first-order valence-electron chi connectivity index (χ1n) is 7.84. The number of carbonyl (C=O) groups is 2. The van der Waals surface area contributed by atoms with E-state index in [-0.39, 0.29) is 11.4 Å². The Morgan fingerprint density at radius 3 is 2.62 bits per heavy atom. The van der Waals surface area contributed by atoms with Gasteiger partial charge in [-0.3, -0.25) is 4.79 Å². The fourth-order valence-electron chi connectivity index (χ4n) is 2.44. The molecule has 0 saturated carbocycles. The van der Waals surface area contributed by atoms with Gasteiger partial charge in [-0.2, -0.15) is 0 Å². The van der Waals surface area contributed by atoms with E-state index in [4.69, 9.17) is 9.15 Å². The Kier molecular flexibility index (Phi) is 5.48. The second kappa shape index (κ2) is 7.97. The van der Waals surface area contributed by atoms with Crippen molar-refractivity contribution in [3.8, 4) is 0 Å².